The van der Waals surface area contributed by atoms with Crippen molar-refractivity contribution in [3.05, 3.63) is 52.2 Å². The van der Waals surface area contributed by atoms with Crippen LogP contribution in [0.25, 0.3) is 20.9 Å². The van der Waals surface area contributed by atoms with Crippen LogP contribution in [0, 0.1) is 11.3 Å². The lowest BCUT2D eigenvalue weighted by molar-refractivity contribution is 1.19. The van der Waals surface area contributed by atoms with Crippen LogP contribution in [0.2, 0.25) is 0 Å². The largest absolute Gasteiger partial charge is 0.396 e. The van der Waals surface area contributed by atoms with E-state index >= 15 is 0 Å². The maximum absolute atomic E-state index is 9.29. The van der Waals surface area contributed by atoms with Crippen molar-refractivity contribution < 1.29 is 0 Å². The Hall–Kier alpha value is -2.09. The number of benzene rings is 1. The third-order valence-corrected chi connectivity index (χ3v) is 5.86. The second-order valence-corrected chi connectivity index (χ2v) is 6.84. The molecule has 0 amide bonds. The Morgan fingerprint density at radius 1 is 1.10 bits per heavy atom. The molecule has 0 atom stereocenters. The summed E-state index contributed by atoms with van der Waals surface area (Å²) in [6, 6.07) is 16.5. The van der Waals surface area contributed by atoms with Crippen LogP contribution in [0.15, 0.2) is 42.5 Å². The maximum atomic E-state index is 9.29. The Morgan fingerprint density at radius 3 is 2.48 bits per heavy atom. The van der Waals surface area contributed by atoms with E-state index in [-0.39, 0.29) is 0 Å². The van der Waals surface area contributed by atoms with E-state index in [1.807, 2.05) is 30.3 Å². The van der Waals surface area contributed by atoms with E-state index in [4.69, 9.17) is 5.73 Å². The molecule has 0 fully saturated rings. The Morgan fingerprint density at radius 2 is 1.86 bits per heavy atom. The molecule has 0 spiro atoms. The minimum atomic E-state index is 0.593. The first kappa shape index (κ1) is 13.9. The Kier molecular flexibility index (Phi) is 3.78. The Labute approximate surface area is 132 Å². The number of nitriles is 1. The van der Waals surface area contributed by atoms with Gasteiger partial charge in [0.05, 0.1) is 10.6 Å². The number of nitrogen functional groups attached to an aromatic ring is 1. The molecule has 0 saturated heterocycles. The number of aryl methyl sites for hydroxylation is 1. The van der Waals surface area contributed by atoms with Gasteiger partial charge in [0.25, 0.3) is 0 Å². The van der Waals surface area contributed by atoms with Gasteiger partial charge in [-0.1, -0.05) is 37.3 Å². The van der Waals surface area contributed by atoms with Crippen molar-refractivity contribution in [2.75, 3.05) is 5.73 Å². The third-order valence-electron chi connectivity index (χ3n) is 3.34. The van der Waals surface area contributed by atoms with Crippen LogP contribution in [-0.4, -0.2) is 0 Å². The summed E-state index contributed by atoms with van der Waals surface area (Å²) in [5.41, 5.74) is 8.86. The first-order valence-corrected chi connectivity index (χ1v) is 8.34. The summed E-state index contributed by atoms with van der Waals surface area (Å²) in [5.74, 6) is 0. The molecule has 2 heterocycles. The summed E-state index contributed by atoms with van der Waals surface area (Å²) in [6.07, 6.45) is 1.03. The van der Waals surface area contributed by atoms with Gasteiger partial charge in [0, 0.05) is 15.3 Å². The van der Waals surface area contributed by atoms with Gasteiger partial charge in [0.15, 0.2) is 0 Å². The number of nitrogens with two attached hydrogens (primary N) is 1. The van der Waals surface area contributed by atoms with E-state index in [9.17, 15) is 5.26 Å². The monoisotopic (exact) mass is 310 g/mol. The Balaban J connectivity index is 2.23. The highest BCUT2D eigenvalue weighted by Crippen LogP contribution is 2.46. The van der Waals surface area contributed by atoms with E-state index < -0.39 is 0 Å². The van der Waals surface area contributed by atoms with Crippen molar-refractivity contribution in [3.63, 3.8) is 0 Å². The average Bonchev–Trinajstić information content (AvgIpc) is 3.12. The molecule has 4 heteroatoms. The molecule has 2 aromatic heterocycles. The number of anilines is 1. The summed E-state index contributed by atoms with van der Waals surface area (Å²) in [6.45, 7) is 2.15. The van der Waals surface area contributed by atoms with Gasteiger partial charge in [0.1, 0.15) is 10.9 Å². The van der Waals surface area contributed by atoms with Crippen molar-refractivity contribution in [3.8, 4) is 27.0 Å². The molecule has 3 rings (SSSR count). The van der Waals surface area contributed by atoms with Gasteiger partial charge >= 0.3 is 0 Å². The highest BCUT2D eigenvalue weighted by Gasteiger charge is 2.19. The van der Waals surface area contributed by atoms with Crippen LogP contribution in [-0.2, 0) is 6.42 Å². The SMILES string of the molecule is CCc1ccc(-c2sc(C#N)c(N)c2-c2ccccc2)s1. The predicted octanol–water partition coefficient (Wildman–Crippen LogP) is 5.16. The van der Waals surface area contributed by atoms with Crippen LogP contribution in [0.5, 0.6) is 0 Å². The third kappa shape index (κ3) is 2.46. The zero-order valence-corrected chi connectivity index (χ0v) is 13.2. The lowest BCUT2D eigenvalue weighted by Gasteiger charge is -2.04. The highest BCUT2D eigenvalue weighted by atomic mass is 32.1. The average molecular weight is 310 g/mol. The van der Waals surface area contributed by atoms with Crippen molar-refractivity contribution in [1.82, 2.24) is 0 Å². The van der Waals surface area contributed by atoms with Gasteiger partial charge in [0.2, 0.25) is 0 Å². The summed E-state index contributed by atoms with van der Waals surface area (Å²) in [5, 5.41) is 9.29. The molecule has 1 aromatic carbocycles. The zero-order valence-electron chi connectivity index (χ0n) is 11.6. The quantitative estimate of drug-likeness (QED) is 0.726. The number of hydrogen-bond donors (Lipinski definition) is 1. The van der Waals surface area contributed by atoms with Gasteiger partial charge in [-0.3, -0.25) is 0 Å². The number of nitrogens with zero attached hydrogens (tertiary/aromatic N) is 1. The molecule has 0 aliphatic heterocycles. The molecule has 2 N–H and O–H groups in total. The molecule has 3 aromatic rings. The molecule has 0 saturated carbocycles. The number of thiophene rings is 2. The predicted molar refractivity (Wildman–Crippen MR) is 91.6 cm³/mol. The second kappa shape index (κ2) is 5.72. The fourth-order valence-electron chi connectivity index (χ4n) is 2.28. The van der Waals surface area contributed by atoms with Crippen molar-refractivity contribution in [2.24, 2.45) is 0 Å². The maximum Gasteiger partial charge on any atom is 0.129 e. The smallest absolute Gasteiger partial charge is 0.129 e. The lowest BCUT2D eigenvalue weighted by Crippen LogP contribution is -1.88. The number of rotatable bonds is 3. The minimum Gasteiger partial charge on any atom is -0.396 e. The second-order valence-electron chi connectivity index (χ2n) is 4.65. The minimum absolute atomic E-state index is 0.593. The number of hydrogen-bond acceptors (Lipinski definition) is 4. The first-order chi connectivity index (χ1) is 10.2. The Bertz CT molecular complexity index is 807. The van der Waals surface area contributed by atoms with Crippen LogP contribution in [0.3, 0.4) is 0 Å². The van der Waals surface area contributed by atoms with Gasteiger partial charge in [-0.15, -0.1) is 22.7 Å². The van der Waals surface area contributed by atoms with E-state index in [1.165, 1.54) is 21.1 Å². The fraction of sp³-hybridized carbons (Fsp3) is 0.118. The van der Waals surface area contributed by atoms with Crippen LogP contribution >= 0.6 is 22.7 Å². The summed E-state index contributed by atoms with van der Waals surface area (Å²) >= 11 is 3.25. The van der Waals surface area contributed by atoms with E-state index in [0.29, 0.717) is 10.6 Å². The van der Waals surface area contributed by atoms with Crippen LogP contribution in [0.4, 0.5) is 5.69 Å². The highest BCUT2D eigenvalue weighted by molar-refractivity contribution is 7.23. The normalized spacial score (nSPS) is 10.5. The van der Waals surface area contributed by atoms with E-state index in [2.05, 4.69) is 25.1 Å². The molecule has 0 aliphatic rings. The molecule has 0 radical (unpaired) electrons. The summed E-state index contributed by atoms with van der Waals surface area (Å²) < 4.78 is 0. The van der Waals surface area contributed by atoms with Crippen molar-refractivity contribution >= 4 is 28.4 Å². The van der Waals surface area contributed by atoms with E-state index in [1.54, 1.807) is 11.3 Å². The van der Waals surface area contributed by atoms with Crippen molar-refractivity contribution in [2.45, 2.75) is 13.3 Å². The standard InChI is InChI=1S/C17H14N2S2/c1-2-12-8-9-13(20-12)17-15(11-6-4-3-5-7-11)16(19)14(10-18)21-17/h3-9H,2,19H2,1H3. The molecular formula is C17H14N2S2. The molecule has 0 aliphatic carbocycles. The molecule has 21 heavy (non-hydrogen) atoms. The summed E-state index contributed by atoms with van der Waals surface area (Å²) in [7, 11) is 0. The molecule has 0 bridgehead atoms. The molecule has 2 nitrogen and oxygen atoms in total. The molecule has 104 valence electrons. The van der Waals surface area contributed by atoms with E-state index in [0.717, 1.165) is 22.4 Å². The molecule has 0 unspecified atom stereocenters. The zero-order chi connectivity index (χ0) is 14.8. The van der Waals surface area contributed by atoms with Gasteiger partial charge in [-0.25, -0.2) is 0 Å². The molecular weight excluding hydrogens is 296 g/mol. The first-order valence-electron chi connectivity index (χ1n) is 6.71. The lowest BCUT2D eigenvalue weighted by atomic mass is 10.0. The van der Waals surface area contributed by atoms with Crippen molar-refractivity contribution in [1.29, 1.82) is 5.26 Å². The van der Waals surface area contributed by atoms with Crippen LogP contribution < -0.4 is 5.73 Å². The topological polar surface area (TPSA) is 49.8 Å². The van der Waals surface area contributed by atoms with Crippen LogP contribution in [0.1, 0.15) is 16.7 Å². The van der Waals surface area contributed by atoms with Gasteiger partial charge in [-0.2, -0.15) is 5.26 Å². The fourth-order valence-corrected chi connectivity index (χ4v) is 4.39. The van der Waals surface area contributed by atoms with Gasteiger partial charge < -0.3 is 5.73 Å². The summed E-state index contributed by atoms with van der Waals surface area (Å²) in [4.78, 5) is 4.22. The van der Waals surface area contributed by atoms with Gasteiger partial charge in [-0.05, 0) is 24.1 Å².